The number of hydrogen-bond donors (Lipinski definition) is 2. The number of nitrogens with zero attached hydrogens (tertiary/aromatic N) is 2. The molecular weight excluding hydrogens is 104 g/mol. The van der Waals surface area contributed by atoms with Gasteiger partial charge in [0.1, 0.15) is 6.34 Å². The first-order valence-electron chi connectivity index (χ1n) is 2.21. The van der Waals surface area contributed by atoms with Gasteiger partial charge in [-0.25, -0.2) is 0 Å². The summed E-state index contributed by atoms with van der Waals surface area (Å²) in [6.45, 7) is 0. The van der Waals surface area contributed by atoms with Crippen molar-refractivity contribution in [2.45, 2.75) is 0 Å². The van der Waals surface area contributed by atoms with E-state index in [9.17, 15) is 0 Å². The van der Waals surface area contributed by atoms with E-state index in [1.165, 1.54) is 0 Å². The third kappa shape index (κ3) is 4.94. The van der Waals surface area contributed by atoms with E-state index >= 15 is 0 Å². The van der Waals surface area contributed by atoms with Crippen molar-refractivity contribution in [3.8, 4) is 0 Å². The molecule has 0 aromatic heterocycles. The van der Waals surface area contributed by atoms with Gasteiger partial charge in [0.2, 0.25) is 0 Å². The highest BCUT2D eigenvalue weighted by Crippen LogP contribution is 1.60. The van der Waals surface area contributed by atoms with Gasteiger partial charge < -0.3 is 4.90 Å². The first-order valence-corrected chi connectivity index (χ1v) is 2.21. The van der Waals surface area contributed by atoms with Gasteiger partial charge in [-0.3, -0.25) is 10.8 Å². The number of nitrogens with one attached hydrogen (secondary N) is 2. The largest absolute Gasteiger partial charge is 0.367 e. The Balaban J connectivity index is 3.19. The van der Waals surface area contributed by atoms with Gasteiger partial charge >= 0.3 is 0 Å². The van der Waals surface area contributed by atoms with Gasteiger partial charge in [-0.15, -0.1) is 0 Å². The Bertz CT molecular complexity index is 86.0. The van der Waals surface area contributed by atoms with Gasteiger partial charge in [0, 0.05) is 14.1 Å². The van der Waals surface area contributed by atoms with Crippen LogP contribution in [-0.2, 0) is 0 Å². The fourth-order valence-electron chi connectivity index (χ4n) is 0.186. The summed E-state index contributed by atoms with van der Waals surface area (Å²) < 4.78 is 0. The number of hydrazone groups is 1. The molecule has 8 heavy (non-hydrogen) atoms. The molecule has 0 rings (SSSR count). The normalized spacial score (nSPS) is 9.25. The van der Waals surface area contributed by atoms with Crippen LogP contribution in [-0.4, -0.2) is 31.7 Å². The highest BCUT2D eigenvalue weighted by atomic mass is 15.3. The van der Waals surface area contributed by atoms with Crippen LogP contribution >= 0.6 is 0 Å². The van der Waals surface area contributed by atoms with Gasteiger partial charge in [-0.05, 0) is 0 Å². The first-order chi connectivity index (χ1) is 3.77. The summed E-state index contributed by atoms with van der Waals surface area (Å²) in [7, 11) is 3.71. The molecule has 0 aliphatic heterocycles. The molecule has 0 saturated carbocycles. The fourth-order valence-corrected chi connectivity index (χ4v) is 0.186. The first kappa shape index (κ1) is 6.94. The molecule has 0 bridgehead atoms. The van der Waals surface area contributed by atoms with Gasteiger partial charge in [0.25, 0.3) is 0 Å². The van der Waals surface area contributed by atoms with Crippen LogP contribution in [0.2, 0.25) is 0 Å². The molecule has 0 heterocycles. The third-order valence-electron chi connectivity index (χ3n) is 0.428. The Labute approximate surface area is 48.7 Å². The SMILES string of the molecule is CN(C)C=NNC=N. The topological polar surface area (TPSA) is 51.5 Å². The number of hydrogen-bond acceptors (Lipinski definition) is 2. The zero-order valence-corrected chi connectivity index (χ0v) is 5.05. The standard InChI is InChI=1S/C4H10N4/c1-8(2)4-7-6-3-5/h3-4H,1-2H3,(H2,5,6). The maximum Gasteiger partial charge on any atom is 0.111 e. The van der Waals surface area contributed by atoms with E-state index in [2.05, 4.69) is 10.5 Å². The van der Waals surface area contributed by atoms with Gasteiger partial charge in [-0.2, -0.15) is 5.10 Å². The van der Waals surface area contributed by atoms with Gasteiger partial charge in [-0.1, -0.05) is 0 Å². The maximum atomic E-state index is 6.48. The van der Waals surface area contributed by atoms with Crippen LogP contribution < -0.4 is 5.43 Å². The summed E-state index contributed by atoms with van der Waals surface area (Å²) in [5.74, 6) is 0. The second-order valence-electron chi connectivity index (χ2n) is 1.48. The monoisotopic (exact) mass is 114 g/mol. The third-order valence-corrected chi connectivity index (χ3v) is 0.428. The minimum Gasteiger partial charge on any atom is -0.367 e. The van der Waals surface area contributed by atoms with Crippen LogP contribution in [0.5, 0.6) is 0 Å². The van der Waals surface area contributed by atoms with Crippen molar-refractivity contribution < 1.29 is 0 Å². The van der Waals surface area contributed by atoms with E-state index in [4.69, 9.17) is 5.41 Å². The predicted octanol–water partition coefficient (Wildman–Crippen LogP) is -0.312. The summed E-state index contributed by atoms with van der Waals surface area (Å²) in [5, 5.41) is 10.1. The molecule has 0 unspecified atom stereocenters. The van der Waals surface area contributed by atoms with Crippen molar-refractivity contribution >= 4 is 12.7 Å². The minimum atomic E-state index is 1.01. The van der Waals surface area contributed by atoms with E-state index in [1.54, 1.807) is 11.2 Å². The Morgan fingerprint density at radius 2 is 2.25 bits per heavy atom. The average Bonchev–Trinajstić information content (AvgIpc) is 1.66. The van der Waals surface area contributed by atoms with E-state index in [-0.39, 0.29) is 0 Å². The predicted molar refractivity (Wildman–Crippen MR) is 34.1 cm³/mol. The lowest BCUT2D eigenvalue weighted by molar-refractivity contribution is 0.637. The lowest BCUT2D eigenvalue weighted by Crippen LogP contribution is -2.11. The van der Waals surface area contributed by atoms with Crippen molar-refractivity contribution in [2.24, 2.45) is 5.10 Å². The zero-order valence-electron chi connectivity index (χ0n) is 5.05. The Kier molecular flexibility index (Phi) is 3.56. The molecule has 0 radical (unpaired) electrons. The fraction of sp³-hybridized carbons (Fsp3) is 0.500. The minimum absolute atomic E-state index is 1.01. The molecule has 4 nitrogen and oxygen atoms in total. The second-order valence-corrected chi connectivity index (χ2v) is 1.48. The van der Waals surface area contributed by atoms with Gasteiger partial charge in [0.15, 0.2) is 0 Å². The lowest BCUT2D eigenvalue weighted by atomic mass is 11.0. The molecule has 0 aromatic rings. The molecule has 46 valence electrons. The van der Waals surface area contributed by atoms with Crippen molar-refractivity contribution in [3.63, 3.8) is 0 Å². The Morgan fingerprint density at radius 1 is 1.62 bits per heavy atom. The van der Waals surface area contributed by atoms with E-state index < -0.39 is 0 Å². The van der Waals surface area contributed by atoms with E-state index in [1.807, 2.05) is 14.1 Å². The quantitative estimate of drug-likeness (QED) is 0.300. The number of rotatable bonds is 3. The van der Waals surface area contributed by atoms with Crippen LogP contribution in [0.25, 0.3) is 0 Å². The Hall–Kier alpha value is -1.06. The summed E-state index contributed by atoms with van der Waals surface area (Å²) in [6.07, 6.45) is 2.59. The molecule has 2 N–H and O–H groups in total. The molecule has 0 fully saturated rings. The average molecular weight is 114 g/mol. The summed E-state index contributed by atoms with van der Waals surface area (Å²) in [5.41, 5.74) is 2.35. The Morgan fingerprint density at radius 3 is 2.62 bits per heavy atom. The smallest absolute Gasteiger partial charge is 0.111 e. The summed E-state index contributed by atoms with van der Waals surface area (Å²) >= 11 is 0. The lowest BCUT2D eigenvalue weighted by Gasteiger charge is -1.99. The van der Waals surface area contributed by atoms with Crippen molar-refractivity contribution in [3.05, 3.63) is 0 Å². The van der Waals surface area contributed by atoms with Crippen molar-refractivity contribution in [1.82, 2.24) is 10.3 Å². The van der Waals surface area contributed by atoms with Crippen LogP contribution in [0.4, 0.5) is 0 Å². The molecule has 0 atom stereocenters. The van der Waals surface area contributed by atoms with Crippen molar-refractivity contribution in [1.29, 1.82) is 5.41 Å². The molecule has 4 heteroatoms. The zero-order chi connectivity index (χ0) is 6.41. The summed E-state index contributed by atoms with van der Waals surface area (Å²) in [4.78, 5) is 1.77. The molecular formula is C4H10N4. The molecule has 0 aliphatic rings. The van der Waals surface area contributed by atoms with Gasteiger partial charge in [0.05, 0.1) is 6.34 Å². The van der Waals surface area contributed by atoms with E-state index in [0.717, 1.165) is 6.34 Å². The van der Waals surface area contributed by atoms with Crippen LogP contribution in [0.3, 0.4) is 0 Å². The molecule has 0 spiro atoms. The second kappa shape index (κ2) is 4.11. The van der Waals surface area contributed by atoms with Crippen LogP contribution in [0.1, 0.15) is 0 Å². The molecule has 0 aliphatic carbocycles. The van der Waals surface area contributed by atoms with Crippen molar-refractivity contribution in [2.75, 3.05) is 14.1 Å². The van der Waals surface area contributed by atoms with Crippen LogP contribution in [0, 0.1) is 5.41 Å². The maximum absolute atomic E-state index is 6.48. The van der Waals surface area contributed by atoms with Crippen LogP contribution in [0.15, 0.2) is 5.10 Å². The summed E-state index contributed by atoms with van der Waals surface area (Å²) in [6, 6.07) is 0. The molecule has 0 amide bonds. The highest BCUT2D eigenvalue weighted by Gasteiger charge is 1.71. The highest BCUT2D eigenvalue weighted by molar-refractivity contribution is 5.57. The van der Waals surface area contributed by atoms with E-state index in [0.29, 0.717) is 0 Å². The molecule has 0 saturated heterocycles. The molecule has 0 aromatic carbocycles.